The van der Waals surface area contributed by atoms with Gasteiger partial charge in [-0.25, -0.2) is 0 Å². The van der Waals surface area contributed by atoms with Gasteiger partial charge in [-0.2, -0.15) is 0 Å². The van der Waals surface area contributed by atoms with Crippen molar-refractivity contribution in [3.63, 3.8) is 0 Å². The van der Waals surface area contributed by atoms with Crippen LogP contribution in [0.4, 0.5) is 0 Å². The van der Waals surface area contributed by atoms with E-state index in [1.165, 1.54) is 31.0 Å². The summed E-state index contributed by atoms with van der Waals surface area (Å²) in [4.78, 5) is 14.8. The maximum absolute atomic E-state index is 12.8. The molecule has 0 saturated heterocycles. The molecule has 1 heterocycles. The summed E-state index contributed by atoms with van der Waals surface area (Å²) in [5, 5.41) is 10.2. The third-order valence-electron chi connectivity index (χ3n) is 5.14. The lowest BCUT2D eigenvalue weighted by Crippen LogP contribution is -2.42. The molecule has 0 radical (unpaired) electrons. The van der Waals surface area contributed by atoms with Gasteiger partial charge in [-0.15, -0.1) is 10.2 Å². The topological polar surface area (TPSA) is 51.0 Å². The lowest BCUT2D eigenvalue weighted by molar-refractivity contribution is -0.131. The van der Waals surface area contributed by atoms with Crippen molar-refractivity contribution in [1.29, 1.82) is 0 Å². The van der Waals surface area contributed by atoms with E-state index in [9.17, 15) is 4.79 Å². The van der Waals surface area contributed by atoms with Gasteiger partial charge in [0.1, 0.15) is 0 Å². The van der Waals surface area contributed by atoms with Crippen molar-refractivity contribution in [2.75, 3.05) is 12.3 Å². The molecular weight excluding hydrogens is 380 g/mol. The second-order valence-electron chi connectivity index (χ2n) is 6.82. The molecule has 1 aliphatic carbocycles. The summed E-state index contributed by atoms with van der Waals surface area (Å²) in [5.41, 5.74) is 0.976. The number of carbonyl (C=O) groups is 1. The quantitative estimate of drug-likeness (QED) is 0.614. The standard InChI is InChI=1S/C20H27ClN4OS/c1-3-24(17-8-6-5-7-9-17)18(26)14-27-20-23-22-19(25(20)4-2)15-10-12-16(21)13-11-15/h10-13,17H,3-9,14H2,1-2H3. The SMILES string of the molecule is CCN(C(=O)CSc1nnc(-c2ccc(Cl)cc2)n1CC)C1CCCCC1. The summed E-state index contributed by atoms with van der Waals surface area (Å²) in [5.74, 6) is 1.42. The van der Waals surface area contributed by atoms with Crippen LogP contribution in [0.15, 0.2) is 29.4 Å². The van der Waals surface area contributed by atoms with Crippen LogP contribution in [0, 0.1) is 0 Å². The van der Waals surface area contributed by atoms with Crippen molar-refractivity contribution < 1.29 is 4.79 Å². The zero-order valence-corrected chi connectivity index (χ0v) is 17.6. The van der Waals surface area contributed by atoms with Crippen molar-refractivity contribution in [3.05, 3.63) is 29.3 Å². The van der Waals surface area contributed by atoms with E-state index in [1.54, 1.807) is 0 Å². The fourth-order valence-corrected chi connectivity index (χ4v) is 4.75. The minimum Gasteiger partial charge on any atom is -0.339 e. The molecule has 1 amide bonds. The molecule has 0 spiro atoms. The number of nitrogens with zero attached hydrogens (tertiary/aromatic N) is 4. The van der Waals surface area contributed by atoms with E-state index in [4.69, 9.17) is 11.6 Å². The molecule has 1 fully saturated rings. The highest BCUT2D eigenvalue weighted by molar-refractivity contribution is 7.99. The van der Waals surface area contributed by atoms with Gasteiger partial charge in [0.05, 0.1) is 5.75 Å². The molecule has 0 unspecified atom stereocenters. The van der Waals surface area contributed by atoms with Crippen LogP contribution in [0.1, 0.15) is 46.0 Å². The van der Waals surface area contributed by atoms with Gasteiger partial charge in [0.15, 0.2) is 11.0 Å². The van der Waals surface area contributed by atoms with E-state index in [0.717, 1.165) is 42.5 Å². The van der Waals surface area contributed by atoms with Gasteiger partial charge in [-0.3, -0.25) is 4.79 Å². The van der Waals surface area contributed by atoms with Gasteiger partial charge in [0, 0.05) is 29.7 Å². The molecule has 5 nitrogen and oxygen atoms in total. The summed E-state index contributed by atoms with van der Waals surface area (Å²) in [7, 11) is 0. The molecule has 0 atom stereocenters. The Labute approximate surface area is 170 Å². The second-order valence-corrected chi connectivity index (χ2v) is 8.20. The first-order valence-corrected chi connectivity index (χ1v) is 11.1. The fourth-order valence-electron chi connectivity index (χ4n) is 3.73. The number of carbonyl (C=O) groups excluding carboxylic acids is 1. The number of hydrogen-bond acceptors (Lipinski definition) is 4. The van der Waals surface area contributed by atoms with Crippen molar-refractivity contribution in [2.24, 2.45) is 0 Å². The van der Waals surface area contributed by atoms with E-state index in [0.29, 0.717) is 16.8 Å². The number of benzene rings is 1. The molecule has 1 aliphatic rings. The molecule has 0 aliphatic heterocycles. The molecule has 27 heavy (non-hydrogen) atoms. The summed E-state index contributed by atoms with van der Waals surface area (Å²) in [6, 6.07) is 8.00. The number of hydrogen-bond donors (Lipinski definition) is 0. The Balaban J connectivity index is 1.68. The van der Waals surface area contributed by atoms with E-state index in [1.807, 2.05) is 24.3 Å². The number of rotatable bonds is 7. The van der Waals surface area contributed by atoms with E-state index in [2.05, 4.69) is 33.5 Å². The highest BCUT2D eigenvalue weighted by Gasteiger charge is 2.24. The van der Waals surface area contributed by atoms with E-state index >= 15 is 0 Å². The zero-order valence-electron chi connectivity index (χ0n) is 16.0. The molecule has 1 saturated carbocycles. The summed E-state index contributed by atoms with van der Waals surface area (Å²) in [6.45, 7) is 5.67. The van der Waals surface area contributed by atoms with Gasteiger partial charge >= 0.3 is 0 Å². The summed E-state index contributed by atoms with van der Waals surface area (Å²) < 4.78 is 2.05. The Morgan fingerprint density at radius 1 is 1.19 bits per heavy atom. The average molecular weight is 407 g/mol. The average Bonchev–Trinajstić information content (AvgIpc) is 3.11. The number of amides is 1. The van der Waals surface area contributed by atoms with Crippen LogP contribution < -0.4 is 0 Å². The van der Waals surface area contributed by atoms with Crippen LogP contribution in [0.25, 0.3) is 11.4 Å². The van der Waals surface area contributed by atoms with Gasteiger partial charge in [0.2, 0.25) is 5.91 Å². The third kappa shape index (κ3) is 4.85. The molecular formula is C20H27ClN4OS. The van der Waals surface area contributed by atoms with Crippen LogP contribution in [0.2, 0.25) is 5.02 Å². The maximum atomic E-state index is 12.8. The highest BCUT2D eigenvalue weighted by atomic mass is 35.5. The normalized spacial score (nSPS) is 15.1. The van der Waals surface area contributed by atoms with Gasteiger partial charge in [-0.05, 0) is 51.0 Å². The highest BCUT2D eigenvalue weighted by Crippen LogP contribution is 2.27. The number of thioether (sulfide) groups is 1. The minimum atomic E-state index is 0.202. The monoisotopic (exact) mass is 406 g/mol. The third-order valence-corrected chi connectivity index (χ3v) is 6.34. The second kappa shape index (κ2) is 9.60. The Hall–Kier alpha value is -1.53. The Morgan fingerprint density at radius 2 is 1.89 bits per heavy atom. The van der Waals surface area contributed by atoms with Crippen LogP contribution in [-0.2, 0) is 11.3 Å². The number of halogens is 1. The largest absolute Gasteiger partial charge is 0.339 e. The van der Waals surface area contributed by atoms with Crippen molar-refractivity contribution in [3.8, 4) is 11.4 Å². The summed E-state index contributed by atoms with van der Waals surface area (Å²) in [6.07, 6.45) is 6.03. The molecule has 0 N–H and O–H groups in total. The Kier molecular flexibility index (Phi) is 7.19. The lowest BCUT2D eigenvalue weighted by Gasteiger charge is -2.33. The predicted molar refractivity (Wildman–Crippen MR) is 111 cm³/mol. The molecule has 2 aromatic rings. The first-order chi connectivity index (χ1) is 13.1. The fraction of sp³-hybridized carbons (Fsp3) is 0.550. The molecule has 1 aromatic heterocycles. The molecule has 1 aromatic carbocycles. The van der Waals surface area contributed by atoms with Gasteiger partial charge in [0.25, 0.3) is 0 Å². The predicted octanol–water partition coefficient (Wildman–Crippen LogP) is 4.89. The smallest absolute Gasteiger partial charge is 0.233 e. The van der Waals surface area contributed by atoms with Crippen LogP contribution in [0.5, 0.6) is 0 Å². The van der Waals surface area contributed by atoms with Crippen molar-refractivity contribution in [1.82, 2.24) is 19.7 Å². The van der Waals surface area contributed by atoms with E-state index in [-0.39, 0.29) is 5.91 Å². The Bertz CT molecular complexity index is 756. The maximum Gasteiger partial charge on any atom is 0.233 e. The van der Waals surface area contributed by atoms with Crippen LogP contribution >= 0.6 is 23.4 Å². The zero-order chi connectivity index (χ0) is 19.2. The van der Waals surface area contributed by atoms with Crippen molar-refractivity contribution >= 4 is 29.3 Å². The summed E-state index contributed by atoms with van der Waals surface area (Å²) >= 11 is 7.46. The molecule has 146 valence electrons. The van der Waals surface area contributed by atoms with Crippen LogP contribution in [0.3, 0.4) is 0 Å². The van der Waals surface area contributed by atoms with Crippen molar-refractivity contribution in [2.45, 2.75) is 63.7 Å². The van der Waals surface area contributed by atoms with Gasteiger partial charge in [-0.1, -0.05) is 42.6 Å². The molecule has 3 rings (SSSR count). The molecule has 0 bridgehead atoms. The number of aromatic nitrogens is 3. The molecule has 7 heteroatoms. The Morgan fingerprint density at radius 3 is 2.52 bits per heavy atom. The first kappa shape index (κ1) is 20.2. The van der Waals surface area contributed by atoms with Gasteiger partial charge < -0.3 is 9.47 Å². The lowest BCUT2D eigenvalue weighted by atomic mass is 9.94. The van der Waals surface area contributed by atoms with Crippen LogP contribution in [-0.4, -0.2) is 43.9 Å². The minimum absolute atomic E-state index is 0.202. The van der Waals surface area contributed by atoms with E-state index < -0.39 is 0 Å². The first-order valence-electron chi connectivity index (χ1n) is 9.75.